The van der Waals surface area contributed by atoms with Crippen LogP contribution in [0.3, 0.4) is 0 Å². The topological polar surface area (TPSA) is 24.5 Å². The lowest BCUT2D eigenvalue weighted by molar-refractivity contribution is 0.195. The van der Waals surface area contributed by atoms with Crippen LogP contribution in [0.25, 0.3) is 0 Å². The summed E-state index contributed by atoms with van der Waals surface area (Å²) in [5.41, 5.74) is 1.30. The highest BCUT2D eigenvalue weighted by molar-refractivity contribution is 5.28. The highest BCUT2D eigenvalue weighted by Gasteiger charge is 2.33. The quantitative estimate of drug-likeness (QED) is 0.716. The first-order valence-corrected chi connectivity index (χ1v) is 8.51. The maximum atomic E-state index is 5.97. The van der Waals surface area contributed by atoms with Crippen LogP contribution in [-0.4, -0.2) is 37.2 Å². The first-order chi connectivity index (χ1) is 10.3. The molecule has 3 nitrogen and oxygen atoms in total. The Balaban J connectivity index is 1.43. The average Bonchev–Trinajstić information content (AvgIpc) is 3.37. The number of hydrogen-bond acceptors (Lipinski definition) is 3. The van der Waals surface area contributed by atoms with E-state index >= 15 is 0 Å². The minimum Gasteiger partial charge on any atom is -0.492 e. The molecule has 0 bridgehead atoms. The molecule has 2 fully saturated rings. The molecule has 3 heteroatoms. The zero-order chi connectivity index (χ0) is 14.5. The molecule has 2 saturated carbocycles. The fourth-order valence-electron chi connectivity index (χ4n) is 2.79. The van der Waals surface area contributed by atoms with E-state index in [1.165, 1.54) is 37.8 Å². The fraction of sp³-hybridized carbons (Fsp3) is 0.667. The van der Waals surface area contributed by atoms with Gasteiger partial charge >= 0.3 is 0 Å². The van der Waals surface area contributed by atoms with Gasteiger partial charge in [0.05, 0.1) is 0 Å². The Hall–Kier alpha value is -1.06. The first kappa shape index (κ1) is 14.9. The zero-order valence-corrected chi connectivity index (χ0v) is 13.2. The molecule has 1 aromatic rings. The Morgan fingerprint density at radius 3 is 2.81 bits per heavy atom. The van der Waals surface area contributed by atoms with E-state index in [1.807, 2.05) is 0 Å². The monoisotopic (exact) mass is 288 g/mol. The van der Waals surface area contributed by atoms with Crippen LogP contribution in [-0.2, 0) is 6.54 Å². The molecule has 0 atom stereocenters. The second kappa shape index (κ2) is 7.28. The highest BCUT2D eigenvalue weighted by atomic mass is 16.5. The van der Waals surface area contributed by atoms with Gasteiger partial charge < -0.3 is 10.1 Å². The van der Waals surface area contributed by atoms with Crippen molar-refractivity contribution in [2.45, 2.75) is 45.2 Å². The lowest BCUT2D eigenvalue weighted by atomic mass is 10.2. The molecule has 1 aromatic carbocycles. The van der Waals surface area contributed by atoms with Gasteiger partial charge in [-0.2, -0.15) is 0 Å². The second-order valence-electron chi connectivity index (χ2n) is 6.45. The van der Waals surface area contributed by atoms with E-state index in [4.69, 9.17) is 4.74 Å². The highest BCUT2D eigenvalue weighted by Crippen LogP contribution is 2.34. The molecule has 0 aromatic heterocycles. The average molecular weight is 288 g/mol. The second-order valence-corrected chi connectivity index (χ2v) is 6.45. The molecule has 3 rings (SSSR count). The van der Waals surface area contributed by atoms with Crippen molar-refractivity contribution in [3.05, 3.63) is 29.8 Å². The standard InChI is InChI=1S/C18H28N2O/c1-2-19-13-16-4-3-5-18(12-16)21-11-10-20(17-8-9-17)14-15-6-7-15/h3-5,12,15,17,19H,2,6-11,13-14H2,1H3. The molecule has 0 heterocycles. The van der Waals surface area contributed by atoms with Crippen molar-refractivity contribution in [2.75, 3.05) is 26.2 Å². The summed E-state index contributed by atoms with van der Waals surface area (Å²) in [5, 5.41) is 3.35. The smallest absolute Gasteiger partial charge is 0.119 e. The molecule has 1 N–H and O–H groups in total. The Morgan fingerprint density at radius 2 is 2.10 bits per heavy atom. The summed E-state index contributed by atoms with van der Waals surface area (Å²) in [6, 6.07) is 9.32. The van der Waals surface area contributed by atoms with Gasteiger partial charge in [0.2, 0.25) is 0 Å². The Bertz CT molecular complexity index is 441. The number of ether oxygens (including phenoxy) is 1. The number of rotatable bonds is 10. The van der Waals surface area contributed by atoms with E-state index in [2.05, 4.69) is 41.4 Å². The van der Waals surface area contributed by atoms with Crippen molar-refractivity contribution < 1.29 is 4.74 Å². The third-order valence-corrected chi connectivity index (χ3v) is 4.38. The molecule has 116 valence electrons. The van der Waals surface area contributed by atoms with Gasteiger partial charge in [-0.05, 0) is 55.8 Å². The van der Waals surface area contributed by atoms with Crippen LogP contribution in [0.4, 0.5) is 0 Å². The normalized spacial score (nSPS) is 18.2. The third-order valence-electron chi connectivity index (χ3n) is 4.38. The third kappa shape index (κ3) is 5.01. The summed E-state index contributed by atoms with van der Waals surface area (Å²) in [7, 11) is 0. The van der Waals surface area contributed by atoms with Gasteiger partial charge in [0.25, 0.3) is 0 Å². The molecule has 0 spiro atoms. The van der Waals surface area contributed by atoms with Crippen LogP contribution in [0.1, 0.15) is 38.2 Å². The molecular formula is C18H28N2O. The summed E-state index contributed by atoms with van der Waals surface area (Å²) >= 11 is 0. The van der Waals surface area contributed by atoms with E-state index in [0.717, 1.165) is 44.0 Å². The minimum atomic E-state index is 0.813. The van der Waals surface area contributed by atoms with Gasteiger partial charge in [-0.1, -0.05) is 19.1 Å². The molecular weight excluding hydrogens is 260 g/mol. The van der Waals surface area contributed by atoms with E-state index in [1.54, 1.807) is 0 Å². The number of hydrogen-bond donors (Lipinski definition) is 1. The predicted molar refractivity (Wildman–Crippen MR) is 86.6 cm³/mol. The molecule has 0 saturated heterocycles. The van der Waals surface area contributed by atoms with Crippen molar-refractivity contribution in [1.82, 2.24) is 10.2 Å². The molecule has 0 amide bonds. The van der Waals surface area contributed by atoms with Gasteiger partial charge in [0.1, 0.15) is 12.4 Å². The summed E-state index contributed by atoms with van der Waals surface area (Å²) in [6.07, 6.45) is 5.67. The first-order valence-electron chi connectivity index (χ1n) is 8.51. The van der Waals surface area contributed by atoms with Crippen molar-refractivity contribution in [3.8, 4) is 5.75 Å². The van der Waals surface area contributed by atoms with Gasteiger partial charge in [-0.25, -0.2) is 0 Å². The van der Waals surface area contributed by atoms with Crippen LogP contribution in [0.2, 0.25) is 0 Å². The van der Waals surface area contributed by atoms with Crippen molar-refractivity contribution in [3.63, 3.8) is 0 Å². The predicted octanol–water partition coefficient (Wildman–Crippen LogP) is 3.05. The Labute approximate surface area is 128 Å². The molecule has 0 aliphatic heterocycles. The van der Waals surface area contributed by atoms with E-state index in [9.17, 15) is 0 Å². The number of nitrogens with one attached hydrogen (secondary N) is 1. The maximum Gasteiger partial charge on any atom is 0.119 e. The van der Waals surface area contributed by atoms with Crippen LogP contribution < -0.4 is 10.1 Å². The zero-order valence-electron chi connectivity index (χ0n) is 13.2. The van der Waals surface area contributed by atoms with Gasteiger partial charge in [0, 0.05) is 25.7 Å². The molecule has 21 heavy (non-hydrogen) atoms. The lowest BCUT2D eigenvalue weighted by Gasteiger charge is -2.21. The lowest BCUT2D eigenvalue weighted by Crippen LogP contribution is -2.32. The molecule has 0 radical (unpaired) electrons. The maximum absolute atomic E-state index is 5.97. The van der Waals surface area contributed by atoms with Gasteiger partial charge in [-0.3, -0.25) is 4.90 Å². The largest absolute Gasteiger partial charge is 0.492 e. The summed E-state index contributed by atoms with van der Waals surface area (Å²) < 4.78 is 5.97. The minimum absolute atomic E-state index is 0.813. The SMILES string of the molecule is CCNCc1cccc(OCCN(CC2CC2)C2CC2)c1. The van der Waals surface area contributed by atoms with E-state index < -0.39 is 0 Å². The molecule has 2 aliphatic rings. The van der Waals surface area contributed by atoms with Gasteiger partial charge in [-0.15, -0.1) is 0 Å². The summed E-state index contributed by atoms with van der Waals surface area (Å²) in [4.78, 5) is 2.65. The molecule has 0 unspecified atom stereocenters. The van der Waals surface area contributed by atoms with Crippen molar-refractivity contribution in [1.29, 1.82) is 0 Å². The van der Waals surface area contributed by atoms with Crippen LogP contribution in [0.15, 0.2) is 24.3 Å². The van der Waals surface area contributed by atoms with Crippen molar-refractivity contribution >= 4 is 0 Å². The fourth-order valence-corrected chi connectivity index (χ4v) is 2.79. The van der Waals surface area contributed by atoms with Crippen LogP contribution >= 0.6 is 0 Å². The van der Waals surface area contributed by atoms with E-state index in [-0.39, 0.29) is 0 Å². The Kier molecular flexibility index (Phi) is 5.15. The number of benzene rings is 1. The summed E-state index contributed by atoms with van der Waals surface area (Å²) in [5.74, 6) is 1.99. The van der Waals surface area contributed by atoms with Gasteiger partial charge in [0.15, 0.2) is 0 Å². The van der Waals surface area contributed by atoms with Crippen LogP contribution in [0, 0.1) is 5.92 Å². The summed E-state index contributed by atoms with van der Waals surface area (Å²) in [6.45, 7) is 7.25. The van der Waals surface area contributed by atoms with Crippen LogP contribution in [0.5, 0.6) is 5.75 Å². The Morgan fingerprint density at radius 1 is 1.24 bits per heavy atom. The van der Waals surface area contributed by atoms with E-state index in [0.29, 0.717) is 0 Å². The molecule has 2 aliphatic carbocycles. The van der Waals surface area contributed by atoms with Crippen molar-refractivity contribution in [2.24, 2.45) is 5.92 Å². The number of nitrogens with zero attached hydrogens (tertiary/aromatic N) is 1.